The number of aryl methyl sites for hydroxylation is 2. The van der Waals surface area contributed by atoms with Crippen LogP contribution in [0.15, 0.2) is 30.5 Å². The van der Waals surface area contributed by atoms with Gasteiger partial charge in [-0.1, -0.05) is 0 Å². The van der Waals surface area contributed by atoms with E-state index in [9.17, 15) is 0 Å². The monoisotopic (exact) mass is 361 g/mol. The lowest BCUT2D eigenvalue weighted by atomic mass is 9.71. The van der Waals surface area contributed by atoms with E-state index in [1.54, 1.807) is 0 Å². The van der Waals surface area contributed by atoms with Crippen molar-refractivity contribution in [2.45, 2.75) is 26.7 Å². The standard InChI is InChI=1S/C20H23N7/c1-12-5-17(23-18-6-13(2)25-26-18)24-20(22-12)16-3-4-19(21-9-16)27-10-14-7-15(8-14)11-27/h3-6,9,14-15H,7-8,10-11H2,1-2H3,(H2,22,23,24,25,26). The first-order valence-corrected chi connectivity index (χ1v) is 9.48. The average molecular weight is 361 g/mol. The van der Waals surface area contributed by atoms with Crippen molar-refractivity contribution in [2.24, 2.45) is 11.8 Å². The van der Waals surface area contributed by atoms with E-state index >= 15 is 0 Å². The van der Waals surface area contributed by atoms with Crippen LogP contribution in [0.1, 0.15) is 24.2 Å². The molecule has 0 atom stereocenters. The van der Waals surface area contributed by atoms with Crippen LogP contribution in [-0.2, 0) is 0 Å². The van der Waals surface area contributed by atoms with Crippen LogP contribution >= 0.6 is 0 Å². The molecule has 27 heavy (non-hydrogen) atoms. The van der Waals surface area contributed by atoms with Gasteiger partial charge in [0.25, 0.3) is 0 Å². The number of fused-ring (bicyclic) bond motifs is 2. The topological polar surface area (TPSA) is 82.6 Å². The van der Waals surface area contributed by atoms with Crippen LogP contribution < -0.4 is 10.2 Å². The highest BCUT2D eigenvalue weighted by Crippen LogP contribution is 2.40. The lowest BCUT2D eigenvalue weighted by Crippen LogP contribution is -2.48. The maximum absolute atomic E-state index is 4.69. The predicted molar refractivity (Wildman–Crippen MR) is 105 cm³/mol. The van der Waals surface area contributed by atoms with Crippen LogP contribution in [-0.4, -0.2) is 38.2 Å². The SMILES string of the molecule is Cc1cc(Nc2cc(C)[nH]n2)nc(-c2ccc(N3CC4CC(C4)C3)nc2)n1. The molecule has 0 amide bonds. The molecule has 2 N–H and O–H groups in total. The lowest BCUT2D eigenvalue weighted by Gasteiger charge is -2.47. The van der Waals surface area contributed by atoms with Gasteiger partial charge in [-0.05, 0) is 50.7 Å². The Labute approximate surface area is 158 Å². The molecule has 0 spiro atoms. The first kappa shape index (κ1) is 16.2. The Kier molecular flexibility index (Phi) is 3.81. The molecule has 6 rings (SSSR count). The number of hydrogen-bond acceptors (Lipinski definition) is 6. The summed E-state index contributed by atoms with van der Waals surface area (Å²) in [5.74, 6) is 4.93. The van der Waals surface area contributed by atoms with Crippen molar-refractivity contribution in [3.63, 3.8) is 0 Å². The molecular formula is C20H23N7. The lowest BCUT2D eigenvalue weighted by molar-refractivity contribution is 0.158. The van der Waals surface area contributed by atoms with E-state index in [1.165, 1.54) is 12.8 Å². The summed E-state index contributed by atoms with van der Waals surface area (Å²) in [5, 5.41) is 10.4. The van der Waals surface area contributed by atoms with Crippen LogP contribution in [0, 0.1) is 25.7 Å². The van der Waals surface area contributed by atoms with Crippen LogP contribution in [0.3, 0.4) is 0 Å². The van der Waals surface area contributed by atoms with E-state index in [0.29, 0.717) is 5.82 Å². The first-order valence-electron chi connectivity index (χ1n) is 9.48. The number of H-pyrrole nitrogens is 1. The molecule has 2 bridgehead atoms. The van der Waals surface area contributed by atoms with E-state index in [1.807, 2.05) is 32.2 Å². The molecule has 3 fully saturated rings. The molecule has 0 radical (unpaired) electrons. The summed E-state index contributed by atoms with van der Waals surface area (Å²) < 4.78 is 0. The number of piperidine rings is 2. The molecule has 1 saturated carbocycles. The van der Waals surface area contributed by atoms with E-state index in [-0.39, 0.29) is 0 Å². The van der Waals surface area contributed by atoms with E-state index < -0.39 is 0 Å². The third-order valence-corrected chi connectivity index (χ3v) is 5.44. The molecule has 3 aromatic rings. The molecule has 0 aromatic carbocycles. The maximum Gasteiger partial charge on any atom is 0.163 e. The van der Waals surface area contributed by atoms with Crippen molar-refractivity contribution in [3.05, 3.63) is 41.9 Å². The molecule has 2 aliphatic heterocycles. The molecule has 7 nitrogen and oxygen atoms in total. The number of anilines is 3. The normalized spacial score (nSPS) is 21.0. The van der Waals surface area contributed by atoms with Crippen molar-refractivity contribution >= 4 is 17.5 Å². The van der Waals surface area contributed by atoms with Gasteiger partial charge in [0.05, 0.1) is 0 Å². The second kappa shape index (κ2) is 6.33. The Hall–Kier alpha value is -2.96. The highest BCUT2D eigenvalue weighted by Gasteiger charge is 2.37. The van der Waals surface area contributed by atoms with Gasteiger partial charge in [0, 0.05) is 48.4 Å². The molecule has 138 valence electrons. The van der Waals surface area contributed by atoms with Gasteiger partial charge in [-0.15, -0.1) is 0 Å². The Morgan fingerprint density at radius 2 is 1.85 bits per heavy atom. The Morgan fingerprint density at radius 3 is 2.52 bits per heavy atom. The highest BCUT2D eigenvalue weighted by atomic mass is 15.2. The number of hydrogen-bond donors (Lipinski definition) is 2. The second-order valence-electron chi connectivity index (χ2n) is 7.79. The zero-order valence-electron chi connectivity index (χ0n) is 15.6. The Bertz CT molecular complexity index is 947. The van der Waals surface area contributed by atoms with Gasteiger partial charge >= 0.3 is 0 Å². The summed E-state index contributed by atoms with van der Waals surface area (Å²) in [4.78, 5) is 16.3. The number of aromatic amines is 1. The summed E-state index contributed by atoms with van der Waals surface area (Å²) in [5.41, 5.74) is 2.82. The molecule has 0 unspecified atom stereocenters. The summed E-state index contributed by atoms with van der Waals surface area (Å²) in [7, 11) is 0. The van der Waals surface area contributed by atoms with E-state index in [2.05, 4.69) is 47.5 Å². The highest BCUT2D eigenvalue weighted by molar-refractivity contribution is 5.61. The smallest absolute Gasteiger partial charge is 0.163 e. The van der Waals surface area contributed by atoms with Gasteiger partial charge in [-0.25, -0.2) is 15.0 Å². The molecule has 3 aliphatic rings. The number of aromatic nitrogens is 5. The Morgan fingerprint density at radius 1 is 1.04 bits per heavy atom. The predicted octanol–water partition coefficient (Wildman–Crippen LogP) is 3.47. The summed E-state index contributed by atoms with van der Waals surface area (Å²) in [6.45, 7) is 6.21. The summed E-state index contributed by atoms with van der Waals surface area (Å²) in [6.07, 6.45) is 4.68. The minimum Gasteiger partial charge on any atom is -0.356 e. The first-order chi connectivity index (χ1) is 13.1. The third-order valence-electron chi connectivity index (χ3n) is 5.44. The maximum atomic E-state index is 4.69. The van der Waals surface area contributed by atoms with Gasteiger partial charge in [-0.2, -0.15) is 5.10 Å². The number of rotatable bonds is 4. The van der Waals surface area contributed by atoms with Crippen LogP contribution in [0.5, 0.6) is 0 Å². The second-order valence-corrected chi connectivity index (χ2v) is 7.79. The number of pyridine rings is 1. The fourth-order valence-electron chi connectivity index (χ4n) is 4.14. The van der Waals surface area contributed by atoms with Gasteiger partial charge in [0.2, 0.25) is 0 Å². The minimum absolute atomic E-state index is 0.672. The summed E-state index contributed by atoms with van der Waals surface area (Å²) >= 11 is 0. The molecule has 7 heteroatoms. The molecule has 5 heterocycles. The zero-order chi connectivity index (χ0) is 18.4. The molecule has 2 saturated heterocycles. The van der Waals surface area contributed by atoms with Gasteiger partial charge in [0.15, 0.2) is 11.6 Å². The minimum atomic E-state index is 0.672. The number of nitrogens with one attached hydrogen (secondary N) is 2. The molecule has 3 aromatic heterocycles. The number of nitrogens with zero attached hydrogens (tertiary/aromatic N) is 5. The van der Waals surface area contributed by atoms with Gasteiger partial charge in [0.1, 0.15) is 11.6 Å². The van der Waals surface area contributed by atoms with E-state index in [4.69, 9.17) is 0 Å². The zero-order valence-corrected chi connectivity index (χ0v) is 15.6. The van der Waals surface area contributed by atoms with Crippen molar-refractivity contribution in [2.75, 3.05) is 23.3 Å². The van der Waals surface area contributed by atoms with Crippen LogP contribution in [0.4, 0.5) is 17.5 Å². The Balaban J connectivity index is 1.37. The largest absolute Gasteiger partial charge is 0.356 e. The van der Waals surface area contributed by atoms with E-state index in [0.717, 1.165) is 59.3 Å². The average Bonchev–Trinajstić information content (AvgIpc) is 3.05. The van der Waals surface area contributed by atoms with Gasteiger partial charge < -0.3 is 10.2 Å². The van der Waals surface area contributed by atoms with Gasteiger partial charge in [-0.3, -0.25) is 5.10 Å². The van der Waals surface area contributed by atoms with Crippen LogP contribution in [0.25, 0.3) is 11.4 Å². The fourth-order valence-corrected chi connectivity index (χ4v) is 4.14. The van der Waals surface area contributed by atoms with Crippen molar-refractivity contribution in [1.82, 2.24) is 25.1 Å². The van der Waals surface area contributed by atoms with Crippen molar-refractivity contribution < 1.29 is 0 Å². The van der Waals surface area contributed by atoms with Crippen molar-refractivity contribution in [1.29, 1.82) is 0 Å². The quantitative estimate of drug-likeness (QED) is 0.740. The fraction of sp³-hybridized carbons (Fsp3) is 0.400. The molecular weight excluding hydrogens is 338 g/mol. The van der Waals surface area contributed by atoms with Crippen molar-refractivity contribution in [3.8, 4) is 11.4 Å². The summed E-state index contributed by atoms with van der Waals surface area (Å²) in [6, 6.07) is 8.02. The van der Waals surface area contributed by atoms with Crippen LogP contribution in [0.2, 0.25) is 0 Å². The molecule has 1 aliphatic carbocycles. The third kappa shape index (κ3) is 3.25.